The number of allylic oxidation sites excluding steroid dienone is 1. The molecule has 0 atom stereocenters. The number of nitrogens with zero attached hydrogens (tertiary/aromatic N) is 2. The Hall–Kier alpha value is -2.07. The van der Waals surface area contributed by atoms with Crippen LogP contribution in [0.2, 0.25) is 15.2 Å². The summed E-state index contributed by atoms with van der Waals surface area (Å²) in [5, 5.41) is 6.03. The van der Waals surface area contributed by atoms with Crippen LogP contribution in [0.25, 0.3) is 11.8 Å². The minimum atomic E-state index is -0.136. The van der Waals surface area contributed by atoms with Crippen molar-refractivity contribution in [2.75, 3.05) is 0 Å². The highest BCUT2D eigenvalue weighted by atomic mass is 35.5. The van der Waals surface area contributed by atoms with Crippen LogP contribution in [0.5, 0.6) is 0 Å². The van der Waals surface area contributed by atoms with E-state index in [4.69, 9.17) is 34.8 Å². The van der Waals surface area contributed by atoms with Crippen molar-refractivity contribution in [1.82, 2.24) is 9.78 Å². The largest absolute Gasteiger partial charge is 0.289 e. The van der Waals surface area contributed by atoms with Crippen LogP contribution >= 0.6 is 34.8 Å². The van der Waals surface area contributed by atoms with Gasteiger partial charge in [-0.3, -0.25) is 4.79 Å². The molecule has 0 saturated heterocycles. The fourth-order valence-corrected chi connectivity index (χ4v) is 2.99. The standard InChI is InChI=1S/C19H13Cl3N2O/c1-12-17(9-10-18(25)13-5-7-14(20)8-6-13)19(22)24(23-12)16-4-2-3-15(21)11-16/h2-11H,1H3. The third kappa shape index (κ3) is 3.96. The molecule has 0 fully saturated rings. The SMILES string of the molecule is Cc1nn(-c2cccc(Cl)c2)c(Cl)c1C=CC(=O)c1ccc(Cl)cc1. The van der Waals surface area contributed by atoms with E-state index in [0.29, 0.717) is 32.0 Å². The molecule has 0 radical (unpaired) electrons. The van der Waals surface area contributed by atoms with Gasteiger partial charge in [-0.05, 0) is 61.5 Å². The summed E-state index contributed by atoms with van der Waals surface area (Å²) in [4.78, 5) is 12.3. The molecule has 0 saturated carbocycles. The highest BCUT2D eigenvalue weighted by Gasteiger charge is 2.13. The zero-order valence-corrected chi connectivity index (χ0v) is 15.5. The molecule has 0 amide bonds. The van der Waals surface area contributed by atoms with E-state index >= 15 is 0 Å². The topological polar surface area (TPSA) is 34.9 Å². The first-order chi connectivity index (χ1) is 12.0. The molecule has 3 nitrogen and oxygen atoms in total. The summed E-state index contributed by atoms with van der Waals surface area (Å²) in [6.07, 6.45) is 3.14. The van der Waals surface area contributed by atoms with Crippen LogP contribution in [0, 0.1) is 6.92 Å². The number of halogens is 3. The van der Waals surface area contributed by atoms with Crippen molar-refractivity contribution in [3.63, 3.8) is 0 Å². The number of benzene rings is 2. The van der Waals surface area contributed by atoms with Crippen LogP contribution < -0.4 is 0 Å². The van der Waals surface area contributed by atoms with Crippen molar-refractivity contribution in [2.24, 2.45) is 0 Å². The lowest BCUT2D eigenvalue weighted by molar-refractivity contribution is 0.104. The molecule has 0 unspecified atom stereocenters. The van der Waals surface area contributed by atoms with Gasteiger partial charge in [-0.25, -0.2) is 4.68 Å². The van der Waals surface area contributed by atoms with Gasteiger partial charge in [0.15, 0.2) is 5.78 Å². The van der Waals surface area contributed by atoms with Gasteiger partial charge in [0, 0.05) is 21.2 Å². The predicted molar refractivity (Wildman–Crippen MR) is 103 cm³/mol. The second-order valence-electron chi connectivity index (χ2n) is 5.39. The Morgan fingerprint density at radius 2 is 1.76 bits per heavy atom. The lowest BCUT2D eigenvalue weighted by Crippen LogP contribution is -1.96. The van der Waals surface area contributed by atoms with Crippen LogP contribution in [-0.4, -0.2) is 15.6 Å². The Balaban J connectivity index is 1.90. The fraction of sp³-hybridized carbons (Fsp3) is 0.0526. The minimum absolute atomic E-state index is 0.136. The second-order valence-corrected chi connectivity index (χ2v) is 6.62. The maximum atomic E-state index is 12.3. The molecule has 0 aliphatic carbocycles. The Morgan fingerprint density at radius 1 is 1.04 bits per heavy atom. The molecular weight excluding hydrogens is 379 g/mol. The molecule has 0 spiro atoms. The number of rotatable bonds is 4. The van der Waals surface area contributed by atoms with Gasteiger partial charge >= 0.3 is 0 Å². The van der Waals surface area contributed by atoms with E-state index in [-0.39, 0.29) is 5.78 Å². The molecule has 25 heavy (non-hydrogen) atoms. The number of carbonyl (C=O) groups excluding carboxylic acids is 1. The summed E-state index contributed by atoms with van der Waals surface area (Å²) >= 11 is 18.3. The number of hydrogen-bond acceptors (Lipinski definition) is 2. The second kappa shape index (κ2) is 7.44. The van der Waals surface area contributed by atoms with E-state index in [1.807, 2.05) is 19.1 Å². The number of hydrogen-bond donors (Lipinski definition) is 0. The zero-order chi connectivity index (χ0) is 18.0. The monoisotopic (exact) mass is 390 g/mol. The molecule has 0 aliphatic heterocycles. The van der Waals surface area contributed by atoms with Gasteiger partial charge in [0.25, 0.3) is 0 Å². The third-order valence-electron chi connectivity index (χ3n) is 3.63. The van der Waals surface area contributed by atoms with Gasteiger partial charge in [0.2, 0.25) is 0 Å². The van der Waals surface area contributed by atoms with Crippen molar-refractivity contribution in [2.45, 2.75) is 6.92 Å². The highest BCUT2D eigenvalue weighted by molar-refractivity contribution is 6.32. The minimum Gasteiger partial charge on any atom is -0.289 e. The zero-order valence-electron chi connectivity index (χ0n) is 13.2. The lowest BCUT2D eigenvalue weighted by atomic mass is 10.1. The first-order valence-electron chi connectivity index (χ1n) is 7.45. The Kier molecular flexibility index (Phi) is 5.28. The normalized spacial score (nSPS) is 11.2. The van der Waals surface area contributed by atoms with Gasteiger partial charge in [0.05, 0.1) is 11.4 Å². The number of carbonyl (C=O) groups is 1. The van der Waals surface area contributed by atoms with Gasteiger partial charge in [-0.15, -0.1) is 0 Å². The van der Waals surface area contributed by atoms with Crippen LogP contribution in [0.3, 0.4) is 0 Å². The summed E-state index contributed by atoms with van der Waals surface area (Å²) < 4.78 is 1.59. The predicted octanol–water partition coefficient (Wildman–Crippen LogP) is 6.04. The van der Waals surface area contributed by atoms with Gasteiger partial charge < -0.3 is 0 Å². The molecule has 2 aromatic carbocycles. The molecule has 3 aromatic rings. The van der Waals surface area contributed by atoms with E-state index in [1.165, 1.54) is 6.08 Å². The summed E-state index contributed by atoms with van der Waals surface area (Å²) in [7, 11) is 0. The summed E-state index contributed by atoms with van der Waals surface area (Å²) in [5.41, 5.74) is 2.70. The maximum absolute atomic E-state index is 12.3. The van der Waals surface area contributed by atoms with E-state index < -0.39 is 0 Å². The molecule has 0 N–H and O–H groups in total. The molecule has 3 rings (SSSR count). The van der Waals surface area contributed by atoms with Crippen molar-refractivity contribution in [1.29, 1.82) is 0 Å². The number of ketones is 1. The third-order valence-corrected chi connectivity index (χ3v) is 4.48. The first-order valence-corrected chi connectivity index (χ1v) is 8.58. The Bertz CT molecular complexity index is 959. The molecule has 1 aromatic heterocycles. The van der Waals surface area contributed by atoms with E-state index in [9.17, 15) is 4.79 Å². The van der Waals surface area contributed by atoms with Crippen molar-refractivity contribution in [3.05, 3.63) is 86.6 Å². The van der Waals surface area contributed by atoms with Crippen molar-refractivity contribution in [3.8, 4) is 5.69 Å². The molecule has 0 bridgehead atoms. The average molecular weight is 392 g/mol. The number of aromatic nitrogens is 2. The Labute approximate surface area is 160 Å². The van der Waals surface area contributed by atoms with Gasteiger partial charge in [-0.2, -0.15) is 5.10 Å². The maximum Gasteiger partial charge on any atom is 0.185 e. The first kappa shape index (κ1) is 17.7. The van der Waals surface area contributed by atoms with Crippen LogP contribution in [0.1, 0.15) is 21.6 Å². The van der Waals surface area contributed by atoms with Crippen LogP contribution in [0.15, 0.2) is 54.6 Å². The van der Waals surface area contributed by atoms with Crippen LogP contribution in [0.4, 0.5) is 0 Å². The molecular formula is C19H13Cl3N2O. The lowest BCUT2D eigenvalue weighted by Gasteiger charge is -2.03. The molecule has 6 heteroatoms. The van der Waals surface area contributed by atoms with Crippen molar-refractivity contribution < 1.29 is 4.79 Å². The average Bonchev–Trinajstić information content (AvgIpc) is 2.88. The van der Waals surface area contributed by atoms with Crippen LogP contribution in [-0.2, 0) is 0 Å². The van der Waals surface area contributed by atoms with E-state index in [1.54, 1.807) is 47.2 Å². The summed E-state index contributed by atoms with van der Waals surface area (Å²) in [6, 6.07) is 13.9. The quantitative estimate of drug-likeness (QED) is 0.401. The smallest absolute Gasteiger partial charge is 0.185 e. The fourth-order valence-electron chi connectivity index (χ4n) is 2.35. The van der Waals surface area contributed by atoms with E-state index in [2.05, 4.69) is 5.10 Å². The van der Waals surface area contributed by atoms with Gasteiger partial charge in [0.1, 0.15) is 5.15 Å². The number of aryl methyl sites for hydroxylation is 1. The van der Waals surface area contributed by atoms with E-state index in [0.717, 1.165) is 5.69 Å². The highest BCUT2D eigenvalue weighted by Crippen LogP contribution is 2.26. The molecule has 1 heterocycles. The summed E-state index contributed by atoms with van der Waals surface area (Å²) in [5.74, 6) is -0.136. The molecule has 0 aliphatic rings. The molecule has 126 valence electrons. The van der Waals surface area contributed by atoms with Crippen molar-refractivity contribution >= 4 is 46.7 Å². The van der Waals surface area contributed by atoms with Gasteiger partial charge in [-0.1, -0.05) is 40.9 Å². The Morgan fingerprint density at radius 3 is 2.44 bits per heavy atom. The summed E-state index contributed by atoms with van der Waals surface area (Å²) in [6.45, 7) is 1.83.